The number of nitrogens with zero attached hydrogens (tertiary/aromatic N) is 2. The number of para-hydroxylation sites is 1. The number of amides is 2. The second kappa shape index (κ2) is 10.3. The van der Waals surface area contributed by atoms with Crippen molar-refractivity contribution < 1.29 is 9.59 Å². The molecule has 1 aliphatic heterocycles. The molecule has 1 heterocycles. The number of carbonyl (C=O) groups excluding carboxylic acids is 2. The normalized spacial score (nSPS) is 13.1. The van der Waals surface area contributed by atoms with Crippen molar-refractivity contribution in [1.82, 2.24) is 4.90 Å². The van der Waals surface area contributed by atoms with Crippen LogP contribution >= 0.6 is 11.8 Å². The lowest BCUT2D eigenvalue weighted by atomic mass is 10.1. The molecule has 0 fully saturated rings. The van der Waals surface area contributed by atoms with Gasteiger partial charge < -0.3 is 15.5 Å². The fourth-order valence-corrected chi connectivity index (χ4v) is 4.36. The zero-order valence-corrected chi connectivity index (χ0v) is 16.9. The third kappa shape index (κ3) is 5.36. The van der Waals surface area contributed by atoms with Crippen LogP contribution in [0, 0.1) is 0 Å². The van der Waals surface area contributed by atoms with Crippen LogP contribution in [0.2, 0.25) is 0 Å². The molecule has 0 aliphatic carbocycles. The first-order valence-electron chi connectivity index (χ1n) is 9.73. The summed E-state index contributed by atoms with van der Waals surface area (Å²) in [5.74, 6) is 0.888. The van der Waals surface area contributed by atoms with Gasteiger partial charge in [-0.05, 0) is 24.1 Å². The standard InChI is InChI=1S/C22H27N3O2S/c23-13-15-24(14-12-18-6-2-1-3-7-18)21(26)10-11-22(27)25-16-17-28-20-9-5-4-8-19(20)25/h1-9H,10-17,23H2. The van der Waals surface area contributed by atoms with Crippen LogP contribution in [0.25, 0.3) is 0 Å². The van der Waals surface area contributed by atoms with E-state index in [4.69, 9.17) is 5.73 Å². The van der Waals surface area contributed by atoms with Crippen molar-refractivity contribution in [2.24, 2.45) is 5.73 Å². The summed E-state index contributed by atoms with van der Waals surface area (Å²) in [6, 6.07) is 18.0. The lowest BCUT2D eigenvalue weighted by molar-refractivity contribution is -0.133. The molecule has 0 saturated carbocycles. The van der Waals surface area contributed by atoms with Gasteiger partial charge in [0.05, 0.1) is 5.69 Å². The number of anilines is 1. The maximum Gasteiger partial charge on any atom is 0.227 e. The summed E-state index contributed by atoms with van der Waals surface area (Å²) in [5, 5.41) is 0. The van der Waals surface area contributed by atoms with Crippen LogP contribution in [0.1, 0.15) is 18.4 Å². The first kappa shape index (κ1) is 20.4. The van der Waals surface area contributed by atoms with E-state index >= 15 is 0 Å². The molecule has 3 rings (SSSR count). The maximum atomic E-state index is 12.7. The van der Waals surface area contributed by atoms with E-state index in [2.05, 4.69) is 12.1 Å². The van der Waals surface area contributed by atoms with Gasteiger partial charge in [0.1, 0.15) is 0 Å². The summed E-state index contributed by atoms with van der Waals surface area (Å²) in [6.45, 7) is 2.25. The molecule has 1 aliphatic rings. The van der Waals surface area contributed by atoms with Gasteiger partial charge in [0, 0.05) is 49.7 Å². The quantitative estimate of drug-likeness (QED) is 0.744. The number of fused-ring (bicyclic) bond motifs is 1. The molecule has 0 radical (unpaired) electrons. The topological polar surface area (TPSA) is 66.6 Å². The maximum absolute atomic E-state index is 12.7. The largest absolute Gasteiger partial charge is 0.341 e. The average Bonchev–Trinajstić information content (AvgIpc) is 2.75. The van der Waals surface area contributed by atoms with Crippen molar-refractivity contribution in [2.75, 3.05) is 36.8 Å². The summed E-state index contributed by atoms with van der Waals surface area (Å²) in [5.41, 5.74) is 7.84. The highest BCUT2D eigenvalue weighted by Crippen LogP contribution is 2.34. The third-order valence-electron chi connectivity index (χ3n) is 4.85. The number of hydrogen-bond donors (Lipinski definition) is 1. The molecule has 5 nitrogen and oxygen atoms in total. The predicted molar refractivity (Wildman–Crippen MR) is 115 cm³/mol. The molecule has 0 bridgehead atoms. The van der Waals surface area contributed by atoms with Crippen molar-refractivity contribution in [3.63, 3.8) is 0 Å². The third-order valence-corrected chi connectivity index (χ3v) is 5.89. The van der Waals surface area contributed by atoms with Crippen LogP contribution in [0.15, 0.2) is 59.5 Å². The van der Waals surface area contributed by atoms with Gasteiger partial charge in [-0.2, -0.15) is 0 Å². The molecule has 2 aromatic rings. The Morgan fingerprint density at radius 1 is 1.00 bits per heavy atom. The van der Waals surface area contributed by atoms with Crippen molar-refractivity contribution in [3.8, 4) is 0 Å². The Bertz CT molecular complexity index is 797. The van der Waals surface area contributed by atoms with Gasteiger partial charge in [-0.15, -0.1) is 11.8 Å². The fourth-order valence-electron chi connectivity index (χ4n) is 3.36. The second-order valence-corrected chi connectivity index (χ2v) is 7.90. The SMILES string of the molecule is NCCN(CCc1ccccc1)C(=O)CCC(=O)N1CCSc2ccccc21. The average molecular weight is 398 g/mol. The summed E-state index contributed by atoms with van der Waals surface area (Å²) in [7, 11) is 0. The number of benzene rings is 2. The molecular formula is C22H27N3O2S. The highest BCUT2D eigenvalue weighted by Gasteiger charge is 2.23. The smallest absolute Gasteiger partial charge is 0.227 e. The molecule has 2 N–H and O–H groups in total. The number of nitrogens with two attached hydrogens (primary N) is 1. The molecule has 0 atom stereocenters. The van der Waals surface area contributed by atoms with E-state index in [1.165, 1.54) is 5.56 Å². The van der Waals surface area contributed by atoms with Crippen molar-refractivity contribution in [2.45, 2.75) is 24.2 Å². The van der Waals surface area contributed by atoms with E-state index in [9.17, 15) is 9.59 Å². The van der Waals surface area contributed by atoms with Gasteiger partial charge in [-0.3, -0.25) is 9.59 Å². The van der Waals surface area contributed by atoms with E-state index in [0.29, 0.717) is 26.2 Å². The first-order valence-corrected chi connectivity index (χ1v) is 10.7. The van der Waals surface area contributed by atoms with Crippen LogP contribution in [0.5, 0.6) is 0 Å². The molecule has 28 heavy (non-hydrogen) atoms. The lowest BCUT2D eigenvalue weighted by Crippen LogP contribution is -2.39. The molecule has 0 aromatic heterocycles. The van der Waals surface area contributed by atoms with E-state index in [-0.39, 0.29) is 24.7 Å². The highest BCUT2D eigenvalue weighted by atomic mass is 32.2. The predicted octanol–water partition coefficient (Wildman–Crippen LogP) is 2.94. The van der Waals surface area contributed by atoms with Crippen molar-refractivity contribution in [3.05, 3.63) is 60.2 Å². The lowest BCUT2D eigenvalue weighted by Gasteiger charge is -2.29. The molecular weight excluding hydrogens is 370 g/mol. The van der Waals surface area contributed by atoms with Crippen molar-refractivity contribution in [1.29, 1.82) is 0 Å². The molecule has 148 valence electrons. The number of rotatable bonds is 8. The minimum absolute atomic E-state index is 0.00518. The van der Waals surface area contributed by atoms with Crippen LogP contribution in [0.3, 0.4) is 0 Å². The van der Waals surface area contributed by atoms with Gasteiger partial charge in [-0.1, -0.05) is 42.5 Å². The molecule has 0 saturated heterocycles. The minimum atomic E-state index is -0.00518. The summed E-state index contributed by atoms with van der Waals surface area (Å²) < 4.78 is 0. The monoisotopic (exact) mass is 397 g/mol. The van der Waals surface area contributed by atoms with E-state index in [1.807, 2.05) is 47.4 Å². The zero-order chi connectivity index (χ0) is 19.8. The molecule has 0 unspecified atom stereocenters. The van der Waals surface area contributed by atoms with Gasteiger partial charge in [-0.25, -0.2) is 0 Å². The minimum Gasteiger partial charge on any atom is -0.341 e. The Kier molecular flexibility index (Phi) is 7.51. The zero-order valence-electron chi connectivity index (χ0n) is 16.0. The number of thioether (sulfide) groups is 1. The molecule has 2 aromatic carbocycles. The van der Waals surface area contributed by atoms with Crippen LogP contribution in [-0.4, -0.2) is 48.6 Å². The van der Waals surface area contributed by atoms with Crippen molar-refractivity contribution >= 4 is 29.3 Å². The summed E-state index contributed by atoms with van der Waals surface area (Å²) in [6.07, 6.45) is 1.24. The van der Waals surface area contributed by atoms with E-state index < -0.39 is 0 Å². The van der Waals surface area contributed by atoms with Gasteiger partial charge in [0.25, 0.3) is 0 Å². The first-order chi connectivity index (χ1) is 13.7. The van der Waals surface area contributed by atoms with E-state index in [0.717, 1.165) is 22.8 Å². The Morgan fingerprint density at radius 3 is 2.54 bits per heavy atom. The second-order valence-electron chi connectivity index (χ2n) is 6.77. The van der Waals surface area contributed by atoms with Crippen LogP contribution < -0.4 is 10.6 Å². The van der Waals surface area contributed by atoms with Gasteiger partial charge >= 0.3 is 0 Å². The fraction of sp³-hybridized carbons (Fsp3) is 0.364. The highest BCUT2D eigenvalue weighted by molar-refractivity contribution is 7.99. The van der Waals surface area contributed by atoms with Gasteiger partial charge in [0.2, 0.25) is 11.8 Å². The number of carbonyl (C=O) groups is 2. The Morgan fingerprint density at radius 2 is 1.75 bits per heavy atom. The summed E-state index contributed by atoms with van der Waals surface area (Å²) in [4.78, 5) is 30.1. The Balaban J connectivity index is 1.54. The van der Waals surface area contributed by atoms with Gasteiger partial charge in [0.15, 0.2) is 0 Å². The molecule has 6 heteroatoms. The molecule has 0 spiro atoms. The van der Waals surface area contributed by atoms with E-state index in [1.54, 1.807) is 16.7 Å². The Labute approximate surface area is 170 Å². The molecule has 2 amide bonds. The summed E-state index contributed by atoms with van der Waals surface area (Å²) >= 11 is 1.77. The number of hydrogen-bond acceptors (Lipinski definition) is 4. The van der Waals surface area contributed by atoms with Crippen LogP contribution in [0.4, 0.5) is 5.69 Å². The Hall–Kier alpha value is -2.31. The van der Waals surface area contributed by atoms with Crippen LogP contribution in [-0.2, 0) is 16.0 Å².